The lowest BCUT2D eigenvalue weighted by Crippen LogP contribution is -2.29. The van der Waals surface area contributed by atoms with E-state index in [4.69, 9.17) is 4.74 Å². The van der Waals surface area contributed by atoms with Crippen LogP contribution in [0.2, 0.25) is 0 Å². The summed E-state index contributed by atoms with van der Waals surface area (Å²) in [5.41, 5.74) is 2.81. The Kier molecular flexibility index (Phi) is 7.72. The summed E-state index contributed by atoms with van der Waals surface area (Å²) in [6.45, 7) is 11.0. The van der Waals surface area contributed by atoms with Gasteiger partial charge in [-0.1, -0.05) is 83.1 Å². The van der Waals surface area contributed by atoms with Gasteiger partial charge in [-0.15, -0.1) is 0 Å². The van der Waals surface area contributed by atoms with Crippen molar-refractivity contribution < 1.29 is 23.8 Å². The highest BCUT2D eigenvalue weighted by atomic mass is 19.1. The van der Waals surface area contributed by atoms with Crippen LogP contribution in [-0.2, 0) is 21.5 Å². The molecule has 4 rings (SSSR count). The van der Waals surface area contributed by atoms with Gasteiger partial charge in [-0.3, -0.25) is 9.59 Å². The van der Waals surface area contributed by atoms with E-state index in [1.54, 1.807) is 36.4 Å². The fourth-order valence-electron chi connectivity index (χ4n) is 4.49. The van der Waals surface area contributed by atoms with Crippen LogP contribution in [0.5, 0.6) is 5.75 Å². The summed E-state index contributed by atoms with van der Waals surface area (Å²) < 4.78 is 19.3. The Morgan fingerprint density at radius 3 is 2.26 bits per heavy atom. The number of carbonyl (C=O) groups is 2. The lowest BCUT2D eigenvalue weighted by Gasteiger charge is -2.26. The van der Waals surface area contributed by atoms with Gasteiger partial charge in [0.05, 0.1) is 18.2 Å². The molecule has 1 aliphatic rings. The molecule has 0 saturated carbocycles. The van der Waals surface area contributed by atoms with Gasteiger partial charge >= 0.3 is 0 Å². The number of hydrogen-bond donors (Lipinski definition) is 1. The van der Waals surface area contributed by atoms with Crippen LogP contribution < -0.4 is 4.74 Å². The van der Waals surface area contributed by atoms with Crippen molar-refractivity contribution in [1.82, 2.24) is 4.90 Å². The molecule has 0 bridgehead atoms. The number of amides is 1. The van der Waals surface area contributed by atoms with E-state index in [2.05, 4.69) is 20.8 Å². The number of rotatable bonds is 7. The molecular formula is C32H34FNO4. The first-order valence-electron chi connectivity index (χ1n) is 12.8. The van der Waals surface area contributed by atoms with Gasteiger partial charge in [0, 0.05) is 12.1 Å². The molecule has 1 N–H and O–H groups in total. The van der Waals surface area contributed by atoms with Crippen molar-refractivity contribution in [2.45, 2.75) is 52.6 Å². The van der Waals surface area contributed by atoms with Gasteiger partial charge in [0.25, 0.3) is 11.7 Å². The smallest absolute Gasteiger partial charge is 0.295 e. The largest absolute Gasteiger partial charge is 0.507 e. The topological polar surface area (TPSA) is 66.8 Å². The van der Waals surface area contributed by atoms with Crippen LogP contribution >= 0.6 is 0 Å². The molecule has 3 aromatic rings. The van der Waals surface area contributed by atoms with Crippen molar-refractivity contribution in [3.63, 3.8) is 0 Å². The van der Waals surface area contributed by atoms with Crippen LogP contribution in [0.3, 0.4) is 0 Å². The van der Waals surface area contributed by atoms with Crippen molar-refractivity contribution in [2.75, 3.05) is 6.61 Å². The van der Waals surface area contributed by atoms with Gasteiger partial charge in [-0.2, -0.15) is 0 Å². The van der Waals surface area contributed by atoms with E-state index < -0.39 is 17.7 Å². The van der Waals surface area contributed by atoms with Crippen LogP contribution in [0.15, 0.2) is 78.4 Å². The number of ether oxygens (including phenoxy) is 1. The van der Waals surface area contributed by atoms with Gasteiger partial charge in [0.1, 0.15) is 17.3 Å². The first kappa shape index (κ1) is 27.1. The maximum atomic E-state index is 13.5. The molecule has 1 unspecified atom stereocenters. The standard InChI is InChI=1S/C32H34FNO4/c1-20(2)19-38-26-8-6-7-23(17-26)29(35)27-28(22-11-13-24(14-12-22)32(3,4)5)34(31(37)30(27)36)18-21-9-15-25(33)16-10-21/h6-17,20,28,35H,18-19H2,1-5H3/b29-27-. The normalized spacial score (nSPS) is 17.3. The van der Waals surface area contributed by atoms with Crippen molar-refractivity contribution >= 4 is 17.4 Å². The summed E-state index contributed by atoms with van der Waals surface area (Å²) in [5, 5.41) is 11.4. The first-order chi connectivity index (χ1) is 18.0. The van der Waals surface area contributed by atoms with Gasteiger partial charge in [0.15, 0.2) is 0 Å². The summed E-state index contributed by atoms with van der Waals surface area (Å²) >= 11 is 0. The molecule has 1 fully saturated rings. The molecular weight excluding hydrogens is 481 g/mol. The highest BCUT2D eigenvalue weighted by Gasteiger charge is 2.46. The summed E-state index contributed by atoms with van der Waals surface area (Å²) in [5.74, 6) is -1.24. The van der Waals surface area contributed by atoms with E-state index >= 15 is 0 Å². The van der Waals surface area contributed by atoms with Crippen LogP contribution in [-0.4, -0.2) is 28.3 Å². The molecule has 0 aliphatic carbocycles. The second kappa shape index (κ2) is 10.8. The zero-order valence-electron chi connectivity index (χ0n) is 22.5. The molecule has 1 aliphatic heterocycles. The van der Waals surface area contributed by atoms with Crippen molar-refractivity contribution in [2.24, 2.45) is 5.92 Å². The number of aliphatic hydroxyl groups is 1. The summed E-state index contributed by atoms with van der Waals surface area (Å²) in [4.78, 5) is 28.1. The van der Waals surface area contributed by atoms with Gasteiger partial charge in [-0.25, -0.2) is 4.39 Å². The molecule has 1 saturated heterocycles. The highest BCUT2D eigenvalue weighted by Crippen LogP contribution is 2.41. The van der Waals surface area contributed by atoms with Crippen LogP contribution in [0.1, 0.15) is 62.9 Å². The van der Waals surface area contributed by atoms with Gasteiger partial charge < -0.3 is 14.7 Å². The fraction of sp³-hybridized carbons (Fsp3) is 0.312. The molecule has 1 amide bonds. The lowest BCUT2D eigenvalue weighted by atomic mass is 9.85. The predicted molar refractivity (Wildman–Crippen MR) is 146 cm³/mol. The number of aliphatic hydroxyl groups excluding tert-OH is 1. The minimum atomic E-state index is -0.811. The fourth-order valence-corrected chi connectivity index (χ4v) is 4.49. The second-order valence-corrected chi connectivity index (χ2v) is 11.2. The summed E-state index contributed by atoms with van der Waals surface area (Å²) in [6, 6.07) is 19.6. The van der Waals surface area contributed by atoms with E-state index in [1.165, 1.54) is 17.0 Å². The number of carbonyl (C=O) groups excluding carboxylic acids is 2. The van der Waals surface area contributed by atoms with Gasteiger partial charge in [-0.05, 0) is 52.3 Å². The maximum absolute atomic E-state index is 13.5. The Labute approximate surface area is 223 Å². The quantitative estimate of drug-likeness (QED) is 0.214. The molecule has 198 valence electrons. The Hall–Kier alpha value is -3.93. The van der Waals surface area contributed by atoms with Crippen LogP contribution in [0.4, 0.5) is 4.39 Å². The van der Waals surface area contributed by atoms with Crippen molar-refractivity contribution in [3.05, 3.63) is 106 Å². The zero-order valence-corrected chi connectivity index (χ0v) is 22.5. The SMILES string of the molecule is CC(C)COc1cccc(/C(O)=C2/C(=O)C(=O)N(Cc3ccc(F)cc3)C2c2ccc(C(C)(C)C)cc2)c1. The monoisotopic (exact) mass is 515 g/mol. The van der Waals surface area contributed by atoms with Crippen LogP contribution in [0, 0.1) is 11.7 Å². The van der Waals surface area contributed by atoms with Crippen molar-refractivity contribution in [3.8, 4) is 5.75 Å². The average molecular weight is 516 g/mol. The van der Waals surface area contributed by atoms with Crippen LogP contribution in [0.25, 0.3) is 5.76 Å². The summed E-state index contributed by atoms with van der Waals surface area (Å²) in [6.07, 6.45) is 0. The summed E-state index contributed by atoms with van der Waals surface area (Å²) in [7, 11) is 0. The molecule has 1 atom stereocenters. The number of benzene rings is 3. The van der Waals surface area contributed by atoms with Crippen molar-refractivity contribution in [1.29, 1.82) is 0 Å². The van der Waals surface area contributed by atoms with E-state index in [0.29, 0.717) is 35.0 Å². The number of ketones is 1. The lowest BCUT2D eigenvalue weighted by molar-refractivity contribution is -0.140. The van der Waals surface area contributed by atoms with E-state index in [-0.39, 0.29) is 29.1 Å². The van der Waals surface area contributed by atoms with E-state index in [9.17, 15) is 19.1 Å². The predicted octanol–water partition coefficient (Wildman–Crippen LogP) is 6.78. The Morgan fingerprint density at radius 2 is 1.66 bits per heavy atom. The third-order valence-electron chi connectivity index (χ3n) is 6.59. The number of nitrogens with zero attached hydrogens (tertiary/aromatic N) is 1. The molecule has 0 aromatic heterocycles. The second-order valence-electron chi connectivity index (χ2n) is 11.2. The molecule has 0 spiro atoms. The Bertz CT molecular complexity index is 1350. The molecule has 1 heterocycles. The molecule has 6 heteroatoms. The molecule has 0 radical (unpaired) electrons. The number of halogens is 1. The minimum Gasteiger partial charge on any atom is -0.507 e. The molecule has 38 heavy (non-hydrogen) atoms. The number of hydrogen-bond acceptors (Lipinski definition) is 4. The minimum absolute atomic E-state index is 0.0154. The average Bonchev–Trinajstić information content (AvgIpc) is 3.13. The Balaban J connectivity index is 1.81. The van der Waals surface area contributed by atoms with Gasteiger partial charge in [0.2, 0.25) is 0 Å². The third-order valence-corrected chi connectivity index (χ3v) is 6.59. The van der Waals surface area contributed by atoms with E-state index in [0.717, 1.165) is 5.56 Å². The first-order valence-corrected chi connectivity index (χ1v) is 12.8. The Morgan fingerprint density at radius 1 is 1.00 bits per heavy atom. The molecule has 5 nitrogen and oxygen atoms in total. The number of likely N-dealkylation sites (tertiary alicyclic amines) is 1. The molecule has 3 aromatic carbocycles. The maximum Gasteiger partial charge on any atom is 0.295 e. The number of Topliss-reactive ketones (excluding diaryl/α,β-unsaturated/α-hetero) is 1. The third kappa shape index (κ3) is 5.80. The zero-order chi connectivity index (χ0) is 27.6. The van der Waals surface area contributed by atoms with E-state index in [1.807, 2.05) is 38.1 Å². The highest BCUT2D eigenvalue weighted by molar-refractivity contribution is 6.46.